The average molecular weight is 316 g/mol. The highest BCUT2D eigenvalue weighted by Gasteiger charge is 2.15. The summed E-state index contributed by atoms with van der Waals surface area (Å²) in [6.07, 6.45) is 1.89. The molecule has 1 fully saturated rings. The van der Waals surface area contributed by atoms with Gasteiger partial charge in [-0.3, -0.25) is 0 Å². The van der Waals surface area contributed by atoms with E-state index in [4.69, 9.17) is 16.3 Å². The Hall–Kier alpha value is -1.05. The maximum absolute atomic E-state index is 5.95. The van der Waals surface area contributed by atoms with Crippen molar-refractivity contribution >= 4 is 35.3 Å². The molecule has 6 nitrogen and oxygen atoms in total. The molecule has 0 amide bonds. The molecule has 110 valence electrons. The predicted octanol–water partition coefficient (Wildman–Crippen LogP) is 1.69. The molecule has 1 N–H and O–H groups in total. The molecule has 0 unspecified atom stereocenters. The van der Waals surface area contributed by atoms with Crippen LogP contribution in [-0.2, 0) is 4.74 Å². The molecule has 1 aromatic rings. The summed E-state index contributed by atoms with van der Waals surface area (Å²) in [6.45, 7) is 7.38. The molecule has 0 aliphatic carbocycles. The van der Waals surface area contributed by atoms with Gasteiger partial charge in [-0.15, -0.1) is 6.58 Å². The summed E-state index contributed by atoms with van der Waals surface area (Å²) >= 11 is 7.75. The van der Waals surface area contributed by atoms with Crippen molar-refractivity contribution in [2.24, 2.45) is 0 Å². The van der Waals surface area contributed by atoms with Crippen molar-refractivity contribution in [2.75, 3.05) is 54.6 Å². The van der Waals surface area contributed by atoms with Crippen LogP contribution in [0.25, 0.3) is 0 Å². The third-order valence-electron chi connectivity index (χ3n) is 2.66. The Morgan fingerprint density at radius 2 is 2.15 bits per heavy atom. The van der Waals surface area contributed by atoms with Crippen LogP contribution in [0.1, 0.15) is 0 Å². The highest BCUT2D eigenvalue weighted by Crippen LogP contribution is 2.15. The number of anilines is 2. The lowest BCUT2D eigenvalue weighted by atomic mass is 10.4. The van der Waals surface area contributed by atoms with Crippen LogP contribution in [0, 0.1) is 0 Å². The molecule has 1 aliphatic rings. The zero-order valence-corrected chi connectivity index (χ0v) is 12.8. The molecule has 0 saturated carbocycles. The smallest absolute Gasteiger partial charge is 0.231 e. The van der Waals surface area contributed by atoms with Gasteiger partial charge in [0.1, 0.15) is 0 Å². The molecule has 1 aromatic heterocycles. The molecular weight excluding hydrogens is 298 g/mol. The molecule has 0 aromatic carbocycles. The molecule has 0 spiro atoms. The summed E-state index contributed by atoms with van der Waals surface area (Å²) in [5.74, 6) is 3.03. The van der Waals surface area contributed by atoms with Crippen molar-refractivity contribution in [2.45, 2.75) is 0 Å². The number of morpholine rings is 1. The molecule has 0 atom stereocenters. The zero-order valence-electron chi connectivity index (χ0n) is 11.2. The number of aromatic nitrogens is 3. The van der Waals surface area contributed by atoms with E-state index in [0.29, 0.717) is 25.1 Å². The summed E-state index contributed by atoms with van der Waals surface area (Å²) in [6, 6.07) is 0. The molecular formula is C12H18ClN5OS. The Morgan fingerprint density at radius 3 is 2.90 bits per heavy atom. The van der Waals surface area contributed by atoms with E-state index in [-0.39, 0.29) is 5.28 Å². The topological polar surface area (TPSA) is 63.2 Å². The fourth-order valence-electron chi connectivity index (χ4n) is 1.73. The minimum atomic E-state index is 0.211. The highest BCUT2D eigenvalue weighted by molar-refractivity contribution is 7.99. The number of rotatable bonds is 7. The van der Waals surface area contributed by atoms with Crippen molar-refractivity contribution < 1.29 is 4.74 Å². The molecule has 0 bridgehead atoms. The number of nitrogens with zero attached hydrogens (tertiary/aromatic N) is 4. The van der Waals surface area contributed by atoms with E-state index in [1.54, 1.807) is 11.8 Å². The van der Waals surface area contributed by atoms with Crippen LogP contribution in [0.5, 0.6) is 0 Å². The Kier molecular flexibility index (Phi) is 6.35. The fraction of sp³-hybridized carbons (Fsp3) is 0.583. The number of hydrogen-bond donors (Lipinski definition) is 1. The first-order valence-corrected chi connectivity index (χ1v) is 7.99. The zero-order chi connectivity index (χ0) is 14.2. The van der Waals surface area contributed by atoms with Crippen LogP contribution >= 0.6 is 23.4 Å². The Morgan fingerprint density at radius 1 is 1.35 bits per heavy atom. The first-order valence-electron chi connectivity index (χ1n) is 6.46. The number of nitrogens with one attached hydrogen (secondary N) is 1. The van der Waals surface area contributed by atoms with E-state index < -0.39 is 0 Å². The standard InChI is InChI=1S/C12H18ClN5OS/c1-2-8-20-9-3-14-11-15-10(13)16-12(17-11)18-4-6-19-7-5-18/h2H,1,3-9H2,(H,14,15,16,17). The van der Waals surface area contributed by atoms with Gasteiger partial charge in [0.05, 0.1) is 13.2 Å². The summed E-state index contributed by atoms with van der Waals surface area (Å²) < 4.78 is 5.31. The van der Waals surface area contributed by atoms with Crippen LogP contribution in [-0.4, -0.2) is 59.3 Å². The quantitative estimate of drug-likeness (QED) is 0.607. The van der Waals surface area contributed by atoms with Crippen LogP contribution in [0.3, 0.4) is 0 Å². The molecule has 2 heterocycles. The molecule has 0 radical (unpaired) electrons. The minimum Gasteiger partial charge on any atom is -0.378 e. The predicted molar refractivity (Wildman–Crippen MR) is 83.9 cm³/mol. The van der Waals surface area contributed by atoms with Crippen LogP contribution in [0.2, 0.25) is 5.28 Å². The van der Waals surface area contributed by atoms with E-state index in [9.17, 15) is 0 Å². The molecule has 2 rings (SSSR count). The van der Waals surface area contributed by atoms with Crippen molar-refractivity contribution in [1.82, 2.24) is 15.0 Å². The summed E-state index contributed by atoms with van der Waals surface area (Å²) in [7, 11) is 0. The number of hydrogen-bond acceptors (Lipinski definition) is 7. The normalized spacial score (nSPS) is 15.2. The largest absolute Gasteiger partial charge is 0.378 e. The Labute approximate surface area is 128 Å². The number of thioether (sulfide) groups is 1. The third-order valence-corrected chi connectivity index (χ3v) is 3.79. The number of halogens is 1. The summed E-state index contributed by atoms with van der Waals surface area (Å²) in [4.78, 5) is 14.7. The molecule has 20 heavy (non-hydrogen) atoms. The SMILES string of the molecule is C=CCSCCNc1nc(Cl)nc(N2CCOCC2)n1. The first kappa shape index (κ1) is 15.3. The van der Waals surface area contributed by atoms with Crippen molar-refractivity contribution in [3.8, 4) is 0 Å². The summed E-state index contributed by atoms with van der Waals surface area (Å²) in [5.41, 5.74) is 0. The van der Waals surface area contributed by atoms with Gasteiger partial charge >= 0.3 is 0 Å². The van der Waals surface area contributed by atoms with Gasteiger partial charge in [0.15, 0.2) is 0 Å². The van der Waals surface area contributed by atoms with Gasteiger partial charge in [-0.25, -0.2) is 0 Å². The second-order valence-electron chi connectivity index (χ2n) is 4.12. The van der Waals surface area contributed by atoms with Crippen LogP contribution in [0.4, 0.5) is 11.9 Å². The van der Waals surface area contributed by atoms with Crippen molar-refractivity contribution in [1.29, 1.82) is 0 Å². The fourth-order valence-corrected chi connectivity index (χ4v) is 2.46. The van der Waals surface area contributed by atoms with Crippen molar-refractivity contribution in [3.05, 3.63) is 17.9 Å². The lowest BCUT2D eigenvalue weighted by Gasteiger charge is -2.26. The van der Waals surface area contributed by atoms with Gasteiger partial charge in [-0.2, -0.15) is 26.7 Å². The summed E-state index contributed by atoms with van der Waals surface area (Å²) in [5, 5.41) is 3.38. The van der Waals surface area contributed by atoms with Gasteiger partial charge in [0.2, 0.25) is 17.2 Å². The second kappa shape index (κ2) is 8.28. The van der Waals surface area contributed by atoms with Gasteiger partial charge in [-0.05, 0) is 11.6 Å². The maximum atomic E-state index is 5.95. The van der Waals surface area contributed by atoms with Gasteiger partial charge in [0, 0.05) is 31.1 Å². The van der Waals surface area contributed by atoms with E-state index in [1.807, 2.05) is 6.08 Å². The van der Waals surface area contributed by atoms with Gasteiger partial charge < -0.3 is 15.0 Å². The molecule has 1 saturated heterocycles. The van der Waals surface area contributed by atoms with E-state index in [0.717, 1.165) is 31.1 Å². The van der Waals surface area contributed by atoms with Crippen LogP contribution < -0.4 is 10.2 Å². The number of ether oxygens (including phenoxy) is 1. The molecule has 1 aliphatic heterocycles. The average Bonchev–Trinajstić information content (AvgIpc) is 2.47. The van der Waals surface area contributed by atoms with E-state index in [2.05, 4.69) is 31.7 Å². The highest BCUT2D eigenvalue weighted by atomic mass is 35.5. The van der Waals surface area contributed by atoms with Gasteiger partial charge in [0.25, 0.3) is 0 Å². The van der Waals surface area contributed by atoms with Crippen molar-refractivity contribution in [3.63, 3.8) is 0 Å². The lowest BCUT2D eigenvalue weighted by Crippen LogP contribution is -2.37. The third kappa shape index (κ3) is 4.81. The van der Waals surface area contributed by atoms with Gasteiger partial charge in [-0.1, -0.05) is 6.08 Å². The lowest BCUT2D eigenvalue weighted by molar-refractivity contribution is 0.122. The molecule has 8 heteroatoms. The minimum absolute atomic E-state index is 0.211. The monoisotopic (exact) mass is 315 g/mol. The van der Waals surface area contributed by atoms with Crippen LogP contribution in [0.15, 0.2) is 12.7 Å². The first-order chi connectivity index (χ1) is 9.79. The maximum Gasteiger partial charge on any atom is 0.231 e. The Balaban J connectivity index is 1.91. The van der Waals surface area contributed by atoms with E-state index in [1.165, 1.54) is 0 Å². The van der Waals surface area contributed by atoms with E-state index >= 15 is 0 Å². The second-order valence-corrected chi connectivity index (χ2v) is 5.61. The Bertz CT molecular complexity index is 442.